The van der Waals surface area contributed by atoms with Crippen molar-refractivity contribution in [3.05, 3.63) is 70.1 Å². The van der Waals surface area contributed by atoms with Gasteiger partial charge >= 0.3 is 0 Å². The first-order valence-electron chi connectivity index (χ1n) is 10.5. The molecule has 0 saturated heterocycles. The van der Waals surface area contributed by atoms with Crippen LogP contribution in [0.25, 0.3) is 11.4 Å². The van der Waals surface area contributed by atoms with E-state index in [2.05, 4.69) is 15.3 Å². The standard InChI is InChI=1S/C24H27N3O4/c1-4-12-31-20-11-10-17(14-21(20)30-6-3)24(29)26-19-9-7-8-16(13-19)23-25-18(5-2)15-22(28)27-23/h7-11,13-15H,4-6,12H2,1-3H3,(H,26,29)(H,25,27,28). The highest BCUT2D eigenvalue weighted by Crippen LogP contribution is 2.29. The van der Waals surface area contributed by atoms with E-state index in [0.717, 1.165) is 6.42 Å². The Morgan fingerprint density at radius 1 is 1.03 bits per heavy atom. The number of nitrogens with zero attached hydrogens (tertiary/aromatic N) is 1. The van der Waals surface area contributed by atoms with Gasteiger partial charge in [0, 0.05) is 28.6 Å². The SMILES string of the molecule is CCCOc1ccc(C(=O)Nc2cccc(-c3nc(CC)cc(=O)[nH]3)c2)cc1OCC. The number of ether oxygens (including phenoxy) is 2. The number of amides is 1. The molecule has 0 fully saturated rings. The lowest BCUT2D eigenvalue weighted by Crippen LogP contribution is -2.13. The maximum atomic E-state index is 12.8. The lowest BCUT2D eigenvalue weighted by molar-refractivity contribution is 0.102. The first-order chi connectivity index (χ1) is 15.0. The Morgan fingerprint density at radius 2 is 1.87 bits per heavy atom. The second-order valence-corrected chi connectivity index (χ2v) is 6.92. The fourth-order valence-electron chi connectivity index (χ4n) is 3.02. The summed E-state index contributed by atoms with van der Waals surface area (Å²) < 4.78 is 11.3. The average Bonchev–Trinajstić information content (AvgIpc) is 2.78. The third kappa shape index (κ3) is 5.72. The average molecular weight is 421 g/mol. The van der Waals surface area contributed by atoms with Gasteiger partial charge in [-0.1, -0.05) is 26.0 Å². The number of anilines is 1. The van der Waals surface area contributed by atoms with Crippen LogP contribution in [-0.2, 0) is 6.42 Å². The third-order valence-corrected chi connectivity index (χ3v) is 4.52. The van der Waals surface area contributed by atoms with Crippen LogP contribution >= 0.6 is 0 Å². The number of aryl methyl sites for hydroxylation is 1. The molecule has 1 heterocycles. The van der Waals surface area contributed by atoms with Gasteiger partial charge in [0.15, 0.2) is 11.5 Å². The fourth-order valence-corrected chi connectivity index (χ4v) is 3.02. The van der Waals surface area contributed by atoms with E-state index in [1.807, 2.05) is 26.8 Å². The molecule has 3 aromatic rings. The van der Waals surface area contributed by atoms with Gasteiger partial charge in [0.05, 0.1) is 13.2 Å². The Labute approximate surface area is 181 Å². The number of aromatic amines is 1. The molecule has 162 valence electrons. The quantitative estimate of drug-likeness (QED) is 0.533. The van der Waals surface area contributed by atoms with Gasteiger partial charge < -0.3 is 19.8 Å². The molecule has 0 radical (unpaired) electrons. The maximum Gasteiger partial charge on any atom is 0.255 e. The van der Waals surface area contributed by atoms with E-state index in [0.29, 0.717) is 59.5 Å². The van der Waals surface area contributed by atoms with Gasteiger partial charge in [-0.3, -0.25) is 9.59 Å². The molecule has 7 nitrogen and oxygen atoms in total. The van der Waals surface area contributed by atoms with Crippen molar-refractivity contribution in [2.75, 3.05) is 18.5 Å². The predicted octanol–water partition coefficient (Wildman–Crippen LogP) is 4.44. The fraction of sp³-hybridized carbons (Fsp3) is 0.292. The topological polar surface area (TPSA) is 93.3 Å². The molecule has 0 unspecified atom stereocenters. The van der Waals surface area contributed by atoms with Crippen LogP contribution in [0.2, 0.25) is 0 Å². The normalized spacial score (nSPS) is 10.5. The number of carbonyl (C=O) groups excluding carboxylic acids is 1. The summed E-state index contributed by atoms with van der Waals surface area (Å²) >= 11 is 0. The Bertz CT molecular complexity index is 1110. The van der Waals surface area contributed by atoms with Gasteiger partial charge in [-0.15, -0.1) is 0 Å². The molecule has 0 aliphatic heterocycles. The third-order valence-electron chi connectivity index (χ3n) is 4.52. The molecule has 0 atom stereocenters. The second kappa shape index (κ2) is 10.4. The Kier molecular flexibility index (Phi) is 7.43. The summed E-state index contributed by atoms with van der Waals surface area (Å²) in [6.07, 6.45) is 1.54. The highest BCUT2D eigenvalue weighted by molar-refractivity contribution is 6.04. The number of rotatable bonds is 9. The summed E-state index contributed by atoms with van der Waals surface area (Å²) in [4.78, 5) is 31.9. The van der Waals surface area contributed by atoms with Crippen LogP contribution in [0.4, 0.5) is 5.69 Å². The molecule has 0 aliphatic carbocycles. The molecule has 0 bridgehead atoms. The van der Waals surface area contributed by atoms with Crippen LogP contribution in [0.5, 0.6) is 11.5 Å². The van der Waals surface area contributed by atoms with E-state index < -0.39 is 0 Å². The molecule has 0 saturated carbocycles. The summed E-state index contributed by atoms with van der Waals surface area (Å²) in [7, 11) is 0. The largest absolute Gasteiger partial charge is 0.490 e. The van der Waals surface area contributed by atoms with Crippen LogP contribution in [0.1, 0.15) is 43.2 Å². The number of hydrogen-bond acceptors (Lipinski definition) is 5. The molecule has 2 N–H and O–H groups in total. The summed E-state index contributed by atoms with van der Waals surface area (Å²) in [6, 6.07) is 13.8. The number of H-pyrrole nitrogens is 1. The van der Waals surface area contributed by atoms with Gasteiger partial charge in [-0.25, -0.2) is 4.98 Å². The zero-order valence-electron chi connectivity index (χ0n) is 18.0. The minimum absolute atomic E-state index is 0.204. The van der Waals surface area contributed by atoms with Crippen molar-refractivity contribution in [1.29, 1.82) is 0 Å². The molecule has 0 spiro atoms. The number of benzene rings is 2. The highest BCUT2D eigenvalue weighted by Gasteiger charge is 2.13. The van der Waals surface area contributed by atoms with Crippen LogP contribution in [0.15, 0.2) is 53.3 Å². The molecule has 31 heavy (non-hydrogen) atoms. The number of nitrogens with one attached hydrogen (secondary N) is 2. The summed E-state index contributed by atoms with van der Waals surface area (Å²) in [5, 5.41) is 2.89. The van der Waals surface area contributed by atoms with E-state index >= 15 is 0 Å². The molecular weight excluding hydrogens is 394 g/mol. The van der Waals surface area contributed by atoms with E-state index in [1.165, 1.54) is 6.07 Å². The maximum absolute atomic E-state index is 12.8. The Balaban J connectivity index is 1.82. The van der Waals surface area contributed by atoms with Crippen molar-refractivity contribution in [3.63, 3.8) is 0 Å². The van der Waals surface area contributed by atoms with Gasteiger partial charge in [0.1, 0.15) is 5.82 Å². The van der Waals surface area contributed by atoms with Crippen molar-refractivity contribution in [2.24, 2.45) is 0 Å². The minimum Gasteiger partial charge on any atom is -0.490 e. The van der Waals surface area contributed by atoms with E-state index in [-0.39, 0.29) is 11.5 Å². The zero-order valence-corrected chi connectivity index (χ0v) is 18.0. The molecular formula is C24H27N3O4. The summed E-state index contributed by atoms with van der Waals surface area (Å²) in [5.74, 6) is 1.35. The smallest absolute Gasteiger partial charge is 0.255 e. The lowest BCUT2D eigenvalue weighted by Gasteiger charge is -2.13. The monoisotopic (exact) mass is 421 g/mol. The number of hydrogen-bond donors (Lipinski definition) is 2. The highest BCUT2D eigenvalue weighted by atomic mass is 16.5. The van der Waals surface area contributed by atoms with E-state index in [9.17, 15) is 9.59 Å². The number of aromatic nitrogens is 2. The van der Waals surface area contributed by atoms with Crippen molar-refractivity contribution in [3.8, 4) is 22.9 Å². The van der Waals surface area contributed by atoms with Crippen molar-refractivity contribution >= 4 is 11.6 Å². The van der Waals surface area contributed by atoms with Gasteiger partial charge in [-0.05, 0) is 50.1 Å². The molecule has 2 aromatic carbocycles. The first kappa shape index (κ1) is 22.1. The van der Waals surface area contributed by atoms with E-state index in [4.69, 9.17) is 9.47 Å². The predicted molar refractivity (Wildman–Crippen MR) is 121 cm³/mol. The summed E-state index contributed by atoms with van der Waals surface area (Å²) in [5.41, 5.74) is 2.27. The zero-order chi connectivity index (χ0) is 22.2. The van der Waals surface area contributed by atoms with Crippen molar-refractivity contribution in [2.45, 2.75) is 33.6 Å². The van der Waals surface area contributed by atoms with Gasteiger partial charge in [0.25, 0.3) is 11.5 Å². The molecule has 1 amide bonds. The van der Waals surface area contributed by atoms with Crippen molar-refractivity contribution in [1.82, 2.24) is 9.97 Å². The first-order valence-corrected chi connectivity index (χ1v) is 10.5. The minimum atomic E-state index is -0.274. The van der Waals surface area contributed by atoms with Gasteiger partial charge in [0.2, 0.25) is 0 Å². The van der Waals surface area contributed by atoms with Crippen molar-refractivity contribution < 1.29 is 14.3 Å². The summed E-state index contributed by atoms with van der Waals surface area (Å²) in [6.45, 7) is 6.90. The Hall–Kier alpha value is -3.61. The van der Waals surface area contributed by atoms with Crippen LogP contribution in [0, 0.1) is 0 Å². The lowest BCUT2D eigenvalue weighted by atomic mass is 10.1. The molecule has 1 aromatic heterocycles. The van der Waals surface area contributed by atoms with Crippen LogP contribution in [-0.4, -0.2) is 29.1 Å². The second-order valence-electron chi connectivity index (χ2n) is 6.92. The molecule has 3 rings (SSSR count). The Morgan fingerprint density at radius 3 is 2.61 bits per heavy atom. The number of carbonyl (C=O) groups is 1. The van der Waals surface area contributed by atoms with Crippen LogP contribution < -0.4 is 20.3 Å². The van der Waals surface area contributed by atoms with Crippen LogP contribution in [0.3, 0.4) is 0 Å². The van der Waals surface area contributed by atoms with Gasteiger partial charge in [-0.2, -0.15) is 0 Å². The molecule has 0 aliphatic rings. The molecule has 7 heteroatoms. The van der Waals surface area contributed by atoms with E-state index in [1.54, 1.807) is 36.4 Å².